The molecule has 164 valence electrons. The van der Waals surface area contributed by atoms with Gasteiger partial charge in [0.2, 0.25) is 5.88 Å². The Morgan fingerprint density at radius 1 is 0.906 bits per heavy atom. The average Bonchev–Trinajstić information content (AvgIpc) is 3.08. The van der Waals surface area contributed by atoms with E-state index in [1.54, 1.807) is 24.3 Å². The quantitative estimate of drug-likeness (QED) is 0.208. The van der Waals surface area contributed by atoms with Gasteiger partial charge in [-0.25, -0.2) is 0 Å². The largest absolute Gasteiger partial charge is 0.493 e. The van der Waals surface area contributed by atoms with E-state index < -0.39 is 0 Å². The third-order valence-electron chi connectivity index (χ3n) is 5.32. The lowest BCUT2D eigenvalue weighted by atomic mass is 10.2. The van der Waals surface area contributed by atoms with Crippen LogP contribution < -0.4 is 4.74 Å². The first-order chi connectivity index (χ1) is 15.7. The fourth-order valence-electron chi connectivity index (χ4n) is 3.63. The number of nitrogens with zero attached hydrogens (tertiary/aromatic N) is 3. The summed E-state index contributed by atoms with van der Waals surface area (Å²) in [5, 5.41) is 21.2. The molecule has 0 bridgehead atoms. The predicted molar refractivity (Wildman–Crippen MR) is 130 cm³/mol. The van der Waals surface area contributed by atoms with E-state index in [1.807, 2.05) is 53.1 Å². The molecule has 0 fully saturated rings. The van der Waals surface area contributed by atoms with Crippen LogP contribution in [0.5, 0.6) is 11.6 Å². The molecule has 0 unspecified atom stereocenters. The number of para-hydroxylation sites is 2. The lowest BCUT2D eigenvalue weighted by Gasteiger charge is -2.13. The summed E-state index contributed by atoms with van der Waals surface area (Å²) in [5.41, 5.74) is 2.99. The molecule has 5 nitrogen and oxygen atoms in total. The van der Waals surface area contributed by atoms with Gasteiger partial charge in [0.05, 0.1) is 24.4 Å². The van der Waals surface area contributed by atoms with Crippen molar-refractivity contribution in [1.82, 2.24) is 4.57 Å². The van der Waals surface area contributed by atoms with Crippen LogP contribution in [-0.4, -0.2) is 16.3 Å². The summed E-state index contributed by atoms with van der Waals surface area (Å²) in [7, 11) is 0. The molecular formula is C26H26ClN3O2. The number of ether oxygens (including phenoxy) is 1. The molecule has 4 rings (SSSR count). The second kappa shape index (κ2) is 10.3. The van der Waals surface area contributed by atoms with Crippen molar-refractivity contribution >= 4 is 33.9 Å². The monoisotopic (exact) mass is 447 g/mol. The maximum atomic E-state index is 11.1. The molecule has 0 aliphatic carbocycles. The minimum atomic E-state index is 0.0738. The summed E-state index contributed by atoms with van der Waals surface area (Å²) >= 11 is 5.95. The maximum Gasteiger partial charge on any atom is 0.221 e. The minimum absolute atomic E-state index is 0.0738. The van der Waals surface area contributed by atoms with Crippen molar-refractivity contribution in [2.75, 3.05) is 6.61 Å². The molecule has 0 aliphatic heterocycles. The first-order valence-corrected chi connectivity index (χ1v) is 11.2. The van der Waals surface area contributed by atoms with Crippen molar-refractivity contribution in [2.45, 2.75) is 32.7 Å². The molecule has 0 saturated heterocycles. The Labute approximate surface area is 192 Å². The van der Waals surface area contributed by atoms with Gasteiger partial charge in [0.1, 0.15) is 5.75 Å². The molecule has 32 heavy (non-hydrogen) atoms. The number of azo groups is 1. The van der Waals surface area contributed by atoms with Crippen LogP contribution in [-0.2, 0) is 6.54 Å². The van der Waals surface area contributed by atoms with Gasteiger partial charge in [-0.2, -0.15) is 5.11 Å². The van der Waals surface area contributed by atoms with E-state index in [0.717, 1.165) is 41.5 Å². The zero-order valence-electron chi connectivity index (χ0n) is 18.0. The zero-order valence-corrected chi connectivity index (χ0v) is 18.8. The Hall–Kier alpha value is -3.31. The van der Waals surface area contributed by atoms with Crippen LogP contribution in [0.2, 0.25) is 5.02 Å². The average molecular weight is 448 g/mol. The van der Waals surface area contributed by atoms with Gasteiger partial charge in [0, 0.05) is 16.0 Å². The summed E-state index contributed by atoms with van der Waals surface area (Å²) in [6.45, 7) is 3.33. The number of hydrogen-bond acceptors (Lipinski definition) is 4. The van der Waals surface area contributed by atoms with Crippen molar-refractivity contribution in [1.29, 1.82) is 0 Å². The molecule has 4 aromatic rings. The summed E-state index contributed by atoms with van der Waals surface area (Å²) in [6, 6.07) is 22.8. The SMILES string of the molecule is CCCCCOc1ccccc1Cn1c(O)c(N=Nc2ccc(Cl)cc2)c2ccccc21. The number of fused-ring (bicyclic) bond motifs is 1. The van der Waals surface area contributed by atoms with E-state index in [-0.39, 0.29) is 5.88 Å². The molecule has 1 heterocycles. The lowest BCUT2D eigenvalue weighted by Crippen LogP contribution is -2.04. The van der Waals surface area contributed by atoms with Crippen molar-refractivity contribution in [2.24, 2.45) is 10.2 Å². The third kappa shape index (κ3) is 4.94. The van der Waals surface area contributed by atoms with Crippen molar-refractivity contribution in [3.05, 3.63) is 83.4 Å². The molecule has 1 N–H and O–H groups in total. The Bertz CT molecular complexity index is 1220. The van der Waals surface area contributed by atoms with Crippen LogP contribution in [0.4, 0.5) is 11.4 Å². The highest BCUT2D eigenvalue weighted by Crippen LogP contribution is 2.40. The number of halogens is 1. The third-order valence-corrected chi connectivity index (χ3v) is 5.57. The second-order valence-electron chi connectivity index (χ2n) is 7.62. The summed E-state index contributed by atoms with van der Waals surface area (Å²) in [5.74, 6) is 0.912. The van der Waals surface area contributed by atoms with E-state index >= 15 is 0 Å². The van der Waals surface area contributed by atoms with Crippen LogP contribution in [0.3, 0.4) is 0 Å². The number of rotatable bonds is 9. The van der Waals surface area contributed by atoms with Crippen molar-refractivity contribution < 1.29 is 9.84 Å². The normalized spacial score (nSPS) is 11.4. The molecule has 0 spiro atoms. The minimum Gasteiger partial charge on any atom is -0.493 e. The molecule has 0 aliphatic rings. The van der Waals surface area contributed by atoms with E-state index in [4.69, 9.17) is 16.3 Å². The topological polar surface area (TPSA) is 59.1 Å². The van der Waals surface area contributed by atoms with Gasteiger partial charge in [-0.15, -0.1) is 5.11 Å². The molecule has 6 heteroatoms. The van der Waals surface area contributed by atoms with Crippen LogP contribution in [0.15, 0.2) is 83.0 Å². The van der Waals surface area contributed by atoms with Crippen LogP contribution in [0.25, 0.3) is 10.9 Å². The lowest BCUT2D eigenvalue weighted by molar-refractivity contribution is 0.302. The Kier molecular flexibility index (Phi) is 7.07. The molecule has 0 atom stereocenters. The van der Waals surface area contributed by atoms with Crippen molar-refractivity contribution in [3.8, 4) is 11.6 Å². The molecular weight excluding hydrogens is 422 g/mol. The van der Waals surface area contributed by atoms with E-state index in [9.17, 15) is 5.11 Å². The molecule has 0 saturated carbocycles. The van der Waals surface area contributed by atoms with Gasteiger partial charge in [-0.3, -0.25) is 0 Å². The molecule has 1 aromatic heterocycles. The number of unbranched alkanes of at least 4 members (excludes halogenated alkanes) is 2. The van der Waals surface area contributed by atoms with Gasteiger partial charge < -0.3 is 14.4 Å². The van der Waals surface area contributed by atoms with Gasteiger partial charge in [0.25, 0.3) is 0 Å². The highest BCUT2D eigenvalue weighted by molar-refractivity contribution is 6.30. The van der Waals surface area contributed by atoms with Gasteiger partial charge >= 0.3 is 0 Å². The fraction of sp³-hybridized carbons (Fsp3) is 0.231. The molecule has 3 aromatic carbocycles. The summed E-state index contributed by atoms with van der Waals surface area (Å²) < 4.78 is 7.88. The Balaban J connectivity index is 1.66. The Morgan fingerprint density at radius 2 is 1.66 bits per heavy atom. The smallest absolute Gasteiger partial charge is 0.221 e. The Morgan fingerprint density at radius 3 is 2.47 bits per heavy atom. The van der Waals surface area contributed by atoms with Crippen LogP contribution in [0.1, 0.15) is 31.7 Å². The molecule has 0 amide bonds. The highest BCUT2D eigenvalue weighted by atomic mass is 35.5. The first kappa shape index (κ1) is 21.9. The summed E-state index contributed by atoms with van der Waals surface area (Å²) in [6.07, 6.45) is 3.33. The van der Waals surface area contributed by atoms with E-state index in [1.165, 1.54) is 0 Å². The standard InChI is InChI=1S/C26H26ClN3O2/c1-2-3-8-17-32-24-12-7-4-9-19(24)18-30-23-11-6-5-10-22(23)25(26(30)31)29-28-21-15-13-20(27)14-16-21/h4-7,9-16,31H,2-3,8,17-18H2,1H3. The first-order valence-electron chi connectivity index (χ1n) is 10.9. The maximum absolute atomic E-state index is 11.1. The number of aromatic nitrogens is 1. The number of aromatic hydroxyl groups is 1. The highest BCUT2D eigenvalue weighted by Gasteiger charge is 2.18. The van der Waals surface area contributed by atoms with E-state index in [0.29, 0.717) is 29.5 Å². The van der Waals surface area contributed by atoms with Gasteiger partial charge in [-0.05, 0) is 42.8 Å². The fourth-order valence-corrected chi connectivity index (χ4v) is 3.75. The van der Waals surface area contributed by atoms with Gasteiger partial charge in [-0.1, -0.05) is 67.8 Å². The molecule has 0 radical (unpaired) electrons. The second-order valence-corrected chi connectivity index (χ2v) is 8.05. The van der Waals surface area contributed by atoms with Crippen LogP contribution >= 0.6 is 11.6 Å². The van der Waals surface area contributed by atoms with Crippen molar-refractivity contribution in [3.63, 3.8) is 0 Å². The zero-order chi connectivity index (χ0) is 22.3. The van der Waals surface area contributed by atoms with E-state index in [2.05, 4.69) is 17.2 Å². The number of hydrogen-bond donors (Lipinski definition) is 1. The summed E-state index contributed by atoms with van der Waals surface area (Å²) in [4.78, 5) is 0. The predicted octanol–water partition coefficient (Wildman–Crippen LogP) is 8.03. The van der Waals surface area contributed by atoms with Gasteiger partial charge in [0.15, 0.2) is 5.69 Å². The van der Waals surface area contributed by atoms with Crippen LogP contribution in [0, 0.1) is 0 Å². The number of benzene rings is 3.